The lowest BCUT2D eigenvalue weighted by Gasteiger charge is -2.40. The Kier molecular flexibility index (Phi) is 4.65. The summed E-state index contributed by atoms with van der Waals surface area (Å²) in [4.78, 5) is 10.4. The minimum atomic E-state index is -0.219. The predicted octanol–water partition coefficient (Wildman–Crippen LogP) is 3.55. The summed E-state index contributed by atoms with van der Waals surface area (Å²) in [6.07, 6.45) is 1.45. The number of hydrogen-bond donors (Lipinski definition) is 1. The number of aromatic hydroxyl groups is 1. The number of piperazine rings is 1. The average molecular weight is 409 g/mol. The first kappa shape index (κ1) is 18.1. The van der Waals surface area contributed by atoms with Crippen molar-refractivity contribution in [1.29, 1.82) is 0 Å². The van der Waals surface area contributed by atoms with Crippen LogP contribution in [0.4, 0.5) is 10.1 Å². The SMILES string of the molecule is Oc1c([C@H](c2ccccc2)N2CCN(c3ccc(F)cc3)CC2)sc2ncnn12. The summed E-state index contributed by atoms with van der Waals surface area (Å²) in [5, 5.41) is 14.9. The van der Waals surface area contributed by atoms with Crippen LogP contribution in [0.3, 0.4) is 0 Å². The van der Waals surface area contributed by atoms with Gasteiger partial charge in [0.25, 0.3) is 0 Å². The standard InChI is InChI=1S/C21H20FN5OS/c22-16-6-8-17(9-7-16)25-10-12-26(13-11-25)18(15-4-2-1-3-5-15)19-20(28)27-21(29-19)23-14-24-27/h1-9,14,18,28H,10-13H2/t18-/m0/s1. The number of aromatic nitrogens is 3. The molecule has 2 aromatic heterocycles. The molecular weight excluding hydrogens is 389 g/mol. The Morgan fingerprint density at radius 3 is 2.38 bits per heavy atom. The monoisotopic (exact) mass is 409 g/mol. The maximum absolute atomic E-state index is 13.2. The van der Waals surface area contributed by atoms with Gasteiger partial charge in [0.2, 0.25) is 10.8 Å². The van der Waals surface area contributed by atoms with Crippen LogP contribution in [0, 0.1) is 5.82 Å². The fourth-order valence-corrected chi connectivity index (χ4v) is 5.02. The minimum absolute atomic E-state index is 0.0694. The number of anilines is 1. The molecule has 1 N–H and O–H groups in total. The molecule has 0 unspecified atom stereocenters. The van der Waals surface area contributed by atoms with Crippen LogP contribution in [-0.2, 0) is 0 Å². The Balaban J connectivity index is 1.44. The topological polar surface area (TPSA) is 56.9 Å². The van der Waals surface area contributed by atoms with Crippen molar-refractivity contribution < 1.29 is 9.50 Å². The van der Waals surface area contributed by atoms with Gasteiger partial charge in [0, 0.05) is 31.9 Å². The molecule has 0 radical (unpaired) electrons. The van der Waals surface area contributed by atoms with E-state index in [9.17, 15) is 9.50 Å². The van der Waals surface area contributed by atoms with Gasteiger partial charge in [0.15, 0.2) is 0 Å². The van der Waals surface area contributed by atoms with Crippen molar-refractivity contribution in [2.24, 2.45) is 0 Å². The lowest BCUT2D eigenvalue weighted by molar-refractivity contribution is 0.211. The Morgan fingerprint density at radius 2 is 1.69 bits per heavy atom. The summed E-state index contributed by atoms with van der Waals surface area (Å²) in [5.74, 6) is -0.0689. The molecule has 29 heavy (non-hydrogen) atoms. The number of thiazole rings is 1. The number of benzene rings is 2. The molecule has 0 aliphatic carbocycles. The average Bonchev–Trinajstić information content (AvgIpc) is 3.34. The van der Waals surface area contributed by atoms with Gasteiger partial charge < -0.3 is 10.0 Å². The zero-order chi connectivity index (χ0) is 19.8. The fraction of sp³-hybridized carbons (Fsp3) is 0.238. The van der Waals surface area contributed by atoms with Crippen LogP contribution in [0.25, 0.3) is 4.96 Å². The third-order valence-electron chi connectivity index (χ3n) is 5.37. The largest absolute Gasteiger partial charge is 0.492 e. The van der Waals surface area contributed by atoms with Crippen molar-refractivity contribution in [3.8, 4) is 5.88 Å². The predicted molar refractivity (Wildman–Crippen MR) is 111 cm³/mol. The number of hydrogen-bond acceptors (Lipinski definition) is 6. The second-order valence-corrected chi connectivity index (χ2v) is 8.07. The van der Waals surface area contributed by atoms with Crippen molar-refractivity contribution >= 4 is 22.0 Å². The number of rotatable bonds is 4. The van der Waals surface area contributed by atoms with E-state index in [4.69, 9.17) is 0 Å². The van der Waals surface area contributed by atoms with Gasteiger partial charge in [-0.2, -0.15) is 9.61 Å². The van der Waals surface area contributed by atoms with Crippen LogP contribution in [0.15, 0.2) is 60.9 Å². The zero-order valence-corrected chi connectivity index (χ0v) is 16.5. The Morgan fingerprint density at radius 1 is 0.966 bits per heavy atom. The van der Waals surface area contributed by atoms with Crippen LogP contribution in [-0.4, -0.2) is 50.8 Å². The first-order valence-electron chi connectivity index (χ1n) is 9.51. The molecule has 2 aromatic carbocycles. The third-order valence-corrected chi connectivity index (χ3v) is 6.46. The number of fused-ring (bicyclic) bond motifs is 1. The number of nitrogens with zero attached hydrogens (tertiary/aromatic N) is 5. The summed E-state index contributed by atoms with van der Waals surface area (Å²) in [6, 6.07) is 16.8. The van der Waals surface area contributed by atoms with Gasteiger partial charge in [-0.1, -0.05) is 41.7 Å². The maximum Gasteiger partial charge on any atom is 0.230 e. The first-order valence-corrected chi connectivity index (χ1v) is 10.3. The molecule has 6 nitrogen and oxygen atoms in total. The van der Waals surface area contributed by atoms with Crippen molar-refractivity contribution in [2.75, 3.05) is 31.1 Å². The van der Waals surface area contributed by atoms with Crippen molar-refractivity contribution in [3.05, 3.63) is 77.2 Å². The van der Waals surface area contributed by atoms with E-state index in [1.807, 2.05) is 30.3 Å². The molecule has 148 valence electrons. The van der Waals surface area contributed by atoms with Gasteiger partial charge in [-0.3, -0.25) is 4.90 Å². The molecule has 1 fully saturated rings. The van der Waals surface area contributed by atoms with Gasteiger partial charge in [-0.15, -0.1) is 0 Å². The van der Waals surface area contributed by atoms with Crippen LogP contribution in [0.2, 0.25) is 0 Å². The minimum Gasteiger partial charge on any atom is -0.492 e. The molecule has 3 heterocycles. The van der Waals surface area contributed by atoms with E-state index in [0.29, 0.717) is 4.96 Å². The number of halogens is 1. The summed E-state index contributed by atoms with van der Waals surface area (Å²) in [5.41, 5.74) is 2.16. The molecule has 0 saturated carbocycles. The van der Waals surface area contributed by atoms with Crippen LogP contribution in [0.5, 0.6) is 5.88 Å². The normalized spacial score (nSPS) is 16.4. The maximum atomic E-state index is 13.2. The molecule has 0 spiro atoms. The van der Waals surface area contributed by atoms with Crippen molar-refractivity contribution in [3.63, 3.8) is 0 Å². The molecule has 1 atom stereocenters. The van der Waals surface area contributed by atoms with Crippen LogP contribution >= 0.6 is 11.3 Å². The summed E-state index contributed by atoms with van der Waals surface area (Å²) in [6.45, 7) is 3.31. The quantitative estimate of drug-likeness (QED) is 0.559. The molecule has 4 aromatic rings. The third kappa shape index (κ3) is 3.34. The van der Waals surface area contributed by atoms with Gasteiger partial charge in [0.05, 0.1) is 10.9 Å². The summed E-state index contributed by atoms with van der Waals surface area (Å²) in [7, 11) is 0. The lowest BCUT2D eigenvalue weighted by Crippen LogP contribution is -2.47. The second-order valence-electron chi connectivity index (χ2n) is 7.06. The van der Waals surface area contributed by atoms with E-state index in [0.717, 1.165) is 42.3 Å². The van der Waals surface area contributed by atoms with Gasteiger partial charge in [0.1, 0.15) is 12.1 Å². The molecule has 0 amide bonds. The molecule has 5 rings (SSSR count). The molecule has 8 heteroatoms. The Labute approximate surface area is 171 Å². The highest BCUT2D eigenvalue weighted by Gasteiger charge is 2.31. The molecule has 1 saturated heterocycles. The Bertz CT molecular complexity index is 1100. The summed E-state index contributed by atoms with van der Waals surface area (Å²) >= 11 is 1.47. The van der Waals surface area contributed by atoms with Crippen LogP contribution < -0.4 is 4.90 Å². The lowest BCUT2D eigenvalue weighted by atomic mass is 10.0. The highest BCUT2D eigenvalue weighted by Crippen LogP contribution is 2.40. The summed E-state index contributed by atoms with van der Waals surface area (Å²) < 4.78 is 14.7. The van der Waals surface area contributed by atoms with E-state index >= 15 is 0 Å². The van der Waals surface area contributed by atoms with Crippen molar-refractivity contribution in [2.45, 2.75) is 6.04 Å². The first-order chi connectivity index (χ1) is 14.2. The van der Waals surface area contributed by atoms with Gasteiger partial charge in [-0.05, 0) is 29.8 Å². The van der Waals surface area contributed by atoms with E-state index in [-0.39, 0.29) is 17.7 Å². The zero-order valence-electron chi connectivity index (χ0n) is 15.6. The molecule has 1 aliphatic rings. The second kappa shape index (κ2) is 7.46. The molecule has 1 aliphatic heterocycles. The fourth-order valence-electron chi connectivity index (χ4n) is 3.93. The van der Waals surface area contributed by atoms with Crippen LogP contribution in [0.1, 0.15) is 16.5 Å². The van der Waals surface area contributed by atoms with E-state index in [2.05, 4.69) is 32.0 Å². The Hall–Kier alpha value is -2.97. The molecular formula is C21H20FN5OS. The van der Waals surface area contributed by atoms with Gasteiger partial charge in [-0.25, -0.2) is 9.37 Å². The highest BCUT2D eigenvalue weighted by molar-refractivity contribution is 7.17. The van der Waals surface area contributed by atoms with Crippen molar-refractivity contribution in [1.82, 2.24) is 19.5 Å². The van der Waals surface area contributed by atoms with E-state index < -0.39 is 0 Å². The highest BCUT2D eigenvalue weighted by atomic mass is 32.1. The van der Waals surface area contributed by atoms with E-state index in [1.54, 1.807) is 0 Å². The van der Waals surface area contributed by atoms with Gasteiger partial charge >= 0.3 is 0 Å². The van der Waals surface area contributed by atoms with E-state index in [1.165, 1.54) is 34.3 Å². The smallest absolute Gasteiger partial charge is 0.230 e. The molecule has 0 bridgehead atoms.